The molecule has 3 aromatic carbocycles. The van der Waals surface area contributed by atoms with Gasteiger partial charge in [0.15, 0.2) is 0 Å². The molecule has 1 amide bonds. The number of fused-ring (bicyclic) bond motifs is 1. The van der Waals surface area contributed by atoms with Crippen LogP contribution in [-0.4, -0.2) is 30.3 Å². The highest BCUT2D eigenvalue weighted by molar-refractivity contribution is 6.11. The second-order valence-corrected chi connectivity index (χ2v) is 7.39. The van der Waals surface area contributed by atoms with Crippen molar-refractivity contribution >= 4 is 11.6 Å². The molecule has 1 aliphatic rings. The van der Waals surface area contributed by atoms with Crippen LogP contribution in [0, 0.1) is 5.82 Å². The largest absolute Gasteiger partial charge is 0.497 e. The van der Waals surface area contributed by atoms with Crippen LogP contribution in [0.25, 0.3) is 11.3 Å². The van der Waals surface area contributed by atoms with Crippen molar-refractivity contribution in [3.05, 3.63) is 95.4 Å². The zero-order valence-electron chi connectivity index (χ0n) is 17.5. The van der Waals surface area contributed by atoms with Gasteiger partial charge in [-0.1, -0.05) is 18.2 Å². The molecule has 0 unspecified atom stereocenters. The number of anilines is 1. The normalized spacial score (nSPS) is 15.0. The maximum Gasteiger partial charge on any atom is 0.277 e. The summed E-state index contributed by atoms with van der Waals surface area (Å²) in [5, 5.41) is 7.33. The van der Waals surface area contributed by atoms with Crippen molar-refractivity contribution in [3.8, 4) is 22.8 Å². The van der Waals surface area contributed by atoms with Gasteiger partial charge in [0.2, 0.25) is 0 Å². The first-order valence-corrected chi connectivity index (χ1v) is 10.1. The number of aromatic nitrogens is 2. The molecule has 0 saturated carbocycles. The molecule has 6 nitrogen and oxygen atoms in total. The molecular weight excluding hydrogens is 409 g/mol. The van der Waals surface area contributed by atoms with Crippen LogP contribution >= 0.6 is 0 Å². The van der Waals surface area contributed by atoms with Gasteiger partial charge in [-0.2, -0.15) is 5.10 Å². The Hall–Kier alpha value is -4.13. The number of hydrogen-bond acceptors (Lipinski definition) is 4. The van der Waals surface area contributed by atoms with E-state index in [0.29, 0.717) is 34.0 Å². The minimum Gasteiger partial charge on any atom is -0.497 e. The van der Waals surface area contributed by atoms with Gasteiger partial charge in [0.05, 0.1) is 26.0 Å². The van der Waals surface area contributed by atoms with E-state index in [9.17, 15) is 9.18 Å². The summed E-state index contributed by atoms with van der Waals surface area (Å²) in [5.74, 6) is 0.709. The highest BCUT2D eigenvalue weighted by atomic mass is 19.1. The zero-order valence-corrected chi connectivity index (χ0v) is 17.5. The number of para-hydroxylation sites is 1. The molecule has 0 bridgehead atoms. The Balaban J connectivity index is 1.77. The van der Waals surface area contributed by atoms with Crippen molar-refractivity contribution < 1.29 is 18.7 Å². The average molecular weight is 429 g/mol. The van der Waals surface area contributed by atoms with Gasteiger partial charge in [-0.3, -0.25) is 14.8 Å². The topological polar surface area (TPSA) is 67.5 Å². The number of H-pyrrole nitrogens is 1. The second-order valence-electron chi connectivity index (χ2n) is 7.39. The minimum atomic E-state index is -0.524. The van der Waals surface area contributed by atoms with Crippen molar-refractivity contribution in [1.29, 1.82) is 0 Å². The first-order chi connectivity index (χ1) is 15.6. The number of carbonyl (C=O) groups is 1. The van der Waals surface area contributed by atoms with Crippen LogP contribution in [0.15, 0.2) is 72.8 Å². The number of hydrogen-bond donors (Lipinski definition) is 1. The van der Waals surface area contributed by atoms with E-state index < -0.39 is 6.04 Å². The lowest BCUT2D eigenvalue weighted by Gasteiger charge is -2.28. The standard InChI is InChI=1S/C25H20FN3O3/c1-31-18-12-13-20(32-2)19(14-18)24-21-22(15-8-10-16(26)11-9-15)27-28-23(21)25(30)29(24)17-6-4-3-5-7-17/h3-14,24H,1-2H3,(H,27,28)/t24-/m1/s1. The van der Waals surface area contributed by atoms with E-state index in [1.807, 2.05) is 48.5 Å². The molecule has 1 aliphatic heterocycles. The quantitative estimate of drug-likeness (QED) is 0.486. The number of rotatable bonds is 5. The van der Waals surface area contributed by atoms with Crippen molar-refractivity contribution in [3.63, 3.8) is 0 Å². The molecule has 0 spiro atoms. The maximum absolute atomic E-state index is 13.6. The van der Waals surface area contributed by atoms with Crippen LogP contribution in [0.2, 0.25) is 0 Å². The summed E-state index contributed by atoms with van der Waals surface area (Å²) in [6.45, 7) is 0. The average Bonchev–Trinajstić information content (AvgIpc) is 3.38. The third-order valence-corrected chi connectivity index (χ3v) is 5.65. The number of aromatic amines is 1. The molecule has 1 atom stereocenters. The number of methoxy groups -OCH3 is 2. The summed E-state index contributed by atoms with van der Waals surface area (Å²) in [7, 11) is 3.18. The molecule has 0 saturated heterocycles. The second kappa shape index (κ2) is 7.85. The Labute approximate surface area is 184 Å². The number of nitrogens with zero attached hydrogens (tertiary/aromatic N) is 2. The van der Waals surface area contributed by atoms with E-state index in [1.54, 1.807) is 31.3 Å². The molecule has 0 radical (unpaired) electrons. The van der Waals surface area contributed by atoms with E-state index >= 15 is 0 Å². The fraction of sp³-hybridized carbons (Fsp3) is 0.120. The number of benzene rings is 3. The van der Waals surface area contributed by atoms with Crippen LogP contribution < -0.4 is 14.4 Å². The zero-order chi connectivity index (χ0) is 22.2. The van der Waals surface area contributed by atoms with Gasteiger partial charge in [-0.25, -0.2) is 4.39 Å². The van der Waals surface area contributed by atoms with Gasteiger partial charge in [0, 0.05) is 22.4 Å². The first-order valence-electron chi connectivity index (χ1n) is 10.1. The summed E-state index contributed by atoms with van der Waals surface area (Å²) < 4.78 is 24.7. The minimum absolute atomic E-state index is 0.207. The summed E-state index contributed by atoms with van der Waals surface area (Å²) >= 11 is 0. The predicted molar refractivity (Wildman–Crippen MR) is 119 cm³/mol. The van der Waals surface area contributed by atoms with E-state index in [4.69, 9.17) is 9.47 Å². The molecule has 32 heavy (non-hydrogen) atoms. The van der Waals surface area contributed by atoms with Crippen molar-refractivity contribution in [2.45, 2.75) is 6.04 Å². The number of amides is 1. The Bertz CT molecular complexity index is 1290. The Morgan fingerprint density at radius 1 is 0.969 bits per heavy atom. The van der Waals surface area contributed by atoms with E-state index in [0.717, 1.165) is 11.3 Å². The monoisotopic (exact) mass is 429 g/mol. The first kappa shape index (κ1) is 19.8. The molecule has 0 aliphatic carbocycles. The fourth-order valence-corrected chi connectivity index (χ4v) is 4.18. The summed E-state index contributed by atoms with van der Waals surface area (Å²) in [4.78, 5) is 15.3. The molecule has 1 N–H and O–H groups in total. The fourth-order valence-electron chi connectivity index (χ4n) is 4.18. The number of halogens is 1. The molecule has 0 fully saturated rings. The van der Waals surface area contributed by atoms with Gasteiger partial charge >= 0.3 is 0 Å². The van der Waals surface area contributed by atoms with E-state index in [2.05, 4.69) is 10.2 Å². The molecule has 7 heteroatoms. The van der Waals surface area contributed by atoms with Crippen LogP contribution in [0.3, 0.4) is 0 Å². The molecule has 2 heterocycles. The molecule has 4 aromatic rings. The van der Waals surface area contributed by atoms with Gasteiger partial charge in [0.25, 0.3) is 5.91 Å². The van der Waals surface area contributed by atoms with Crippen molar-refractivity contribution in [2.24, 2.45) is 0 Å². The summed E-state index contributed by atoms with van der Waals surface area (Å²) in [6, 6.07) is 20.5. The summed E-state index contributed by atoms with van der Waals surface area (Å²) in [6.07, 6.45) is 0. The van der Waals surface area contributed by atoms with Crippen LogP contribution in [0.4, 0.5) is 10.1 Å². The van der Waals surface area contributed by atoms with E-state index in [1.165, 1.54) is 12.1 Å². The Morgan fingerprint density at radius 3 is 2.41 bits per heavy atom. The van der Waals surface area contributed by atoms with E-state index in [-0.39, 0.29) is 11.7 Å². The third-order valence-electron chi connectivity index (χ3n) is 5.65. The van der Waals surface area contributed by atoms with Gasteiger partial charge < -0.3 is 9.47 Å². The number of ether oxygens (including phenoxy) is 2. The molecular formula is C25H20FN3O3. The molecule has 1 aromatic heterocycles. The van der Waals surface area contributed by atoms with Crippen molar-refractivity contribution in [2.75, 3.05) is 19.1 Å². The number of carbonyl (C=O) groups excluding carboxylic acids is 1. The van der Waals surface area contributed by atoms with Gasteiger partial charge in [-0.15, -0.1) is 0 Å². The molecule has 160 valence electrons. The molecule has 5 rings (SSSR count). The lowest BCUT2D eigenvalue weighted by atomic mass is 9.95. The predicted octanol–water partition coefficient (Wildman–Crippen LogP) is 4.98. The van der Waals surface area contributed by atoms with Gasteiger partial charge in [-0.05, 0) is 54.6 Å². The lowest BCUT2D eigenvalue weighted by molar-refractivity contribution is 0.0988. The Morgan fingerprint density at radius 2 is 1.72 bits per heavy atom. The highest BCUT2D eigenvalue weighted by Gasteiger charge is 2.44. The lowest BCUT2D eigenvalue weighted by Crippen LogP contribution is -2.29. The van der Waals surface area contributed by atoms with Gasteiger partial charge in [0.1, 0.15) is 23.0 Å². The number of nitrogens with one attached hydrogen (secondary N) is 1. The van der Waals surface area contributed by atoms with Crippen LogP contribution in [0.1, 0.15) is 27.7 Å². The van der Waals surface area contributed by atoms with Crippen molar-refractivity contribution in [1.82, 2.24) is 10.2 Å². The maximum atomic E-state index is 13.6. The Kier molecular flexibility index (Phi) is 4.86. The van der Waals surface area contributed by atoms with Crippen LogP contribution in [-0.2, 0) is 0 Å². The third kappa shape index (κ3) is 3.10. The smallest absolute Gasteiger partial charge is 0.277 e. The summed E-state index contributed by atoms with van der Waals surface area (Å²) in [5.41, 5.74) is 3.88. The van der Waals surface area contributed by atoms with Crippen LogP contribution in [0.5, 0.6) is 11.5 Å². The SMILES string of the molecule is COc1ccc(OC)c([C@@H]2c3c(-c4ccc(F)cc4)n[nH]c3C(=O)N2c2ccccc2)c1. The highest BCUT2D eigenvalue weighted by Crippen LogP contribution is 2.47.